The highest BCUT2D eigenvalue weighted by Gasteiger charge is 2.23. The quantitative estimate of drug-likeness (QED) is 0.741. The standard InChI is InChI=1S/C11H17NS/c1-5-7-10-9(6-2)12-11(13-10)8(3)4/h5-8,11-12H,2H2,1,3-4H3/b7-5-. The second-order valence-electron chi connectivity index (χ2n) is 3.41. The lowest BCUT2D eigenvalue weighted by molar-refractivity contribution is 0.567. The highest BCUT2D eigenvalue weighted by atomic mass is 32.2. The molecular formula is C11H17NS. The van der Waals surface area contributed by atoms with Crippen molar-refractivity contribution in [2.24, 2.45) is 5.92 Å². The van der Waals surface area contributed by atoms with Crippen molar-refractivity contribution in [2.75, 3.05) is 0 Å². The smallest absolute Gasteiger partial charge is 0.0793 e. The molecule has 1 aliphatic heterocycles. The molecule has 72 valence electrons. The molecule has 0 amide bonds. The van der Waals surface area contributed by atoms with Crippen molar-refractivity contribution in [3.63, 3.8) is 0 Å². The van der Waals surface area contributed by atoms with Gasteiger partial charge in [-0.25, -0.2) is 0 Å². The van der Waals surface area contributed by atoms with Crippen molar-refractivity contribution < 1.29 is 0 Å². The van der Waals surface area contributed by atoms with Gasteiger partial charge in [-0.1, -0.05) is 44.3 Å². The van der Waals surface area contributed by atoms with Crippen LogP contribution in [0.25, 0.3) is 0 Å². The molecule has 0 radical (unpaired) electrons. The zero-order valence-electron chi connectivity index (χ0n) is 8.50. The molecule has 0 saturated heterocycles. The Hall–Kier alpha value is -0.630. The van der Waals surface area contributed by atoms with Crippen molar-refractivity contribution in [3.05, 3.63) is 35.4 Å². The van der Waals surface area contributed by atoms with Crippen LogP contribution in [0.15, 0.2) is 35.4 Å². The Labute approximate surface area is 85.0 Å². The molecule has 2 heteroatoms. The SMILES string of the molecule is C=CC1=C(/C=C\C)SC(C(C)C)N1. The Morgan fingerprint density at radius 3 is 2.69 bits per heavy atom. The van der Waals surface area contributed by atoms with Crippen molar-refractivity contribution >= 4 is 11.8 Å². The van der Waals surface area contributed by atoms with E-state index in [2.05, 4.69) is 37.9 Å². The molecule has 1 N–H and O–H groups in total. The van der Waals surface area contributed by atoms with Gasteiger partial charge in [-0.2, -0.15) is 0 Å². The van der Waals surface area contributed by atoms with E-state index in [9.17, 15) is 0 Å². The van der Waals surface area contributed by atoms with Gasteiger partial charge in [0.05, 0.1) is 5.37 Å². The molecule has 13 heavy (non-hydrogen) atoms. The van der Waals surface area contributed by atoms with E-state index in [0.29, 0.717) is 11.3 Å². The zero-order valence-corrected chi connectivity index (χ0v) is 9.32. The zero-order chi connectivity index (χ0) is 9.84. The third kappa shape index (κ3) is 2.41. The third-order valence-electron chi connectivity index (χ3n) is 1.94. The molecule has 1 unspecified atom stereocenters. The van der Waals surface area contributed by atoms with Crippen LogP contribution in [0.5, 0.6) is 0 Å². The van der Waals surface area contributed by atoms with Crippen LogP contribution in [0.1, 0.15) is 20.8 Å². The minimum Gasteiger partial charge on any atom is -0.372 e. The van der Waals surface area contributed by atoms with E-state index in [1.807, 2.05) is 24.8 Å². The fourth-order valence-electron chi connectivity index (χ4n) is 1.20. The van der Waals surface area contributed by atoms with E-state index < -0.39 is 0 Å². The number of nitrogens with one attached hydrogen (secondary N) is 1. The van der Waals surface area contributed by atoms with E-state index >= 15 is 0 Å². The summed E-state index contributed by atoms with van der Waals surface area (Å²) < 4.78 is 0. The van der Waals surface area contributed by atoms with Gasteiger partial charge in [0.2, 0.25) is 0 Å². The van der Waals surface area contributed by atoms with Gasteiger partial charge in [0.25, 0.3) is 0 Å². The van der Waals surface area contributed by atoms with E-state index in [-0.39, 0.29) is 0 Å². The van der Waals surface area contributed by atoms with Crippen LogP contribution in [0.3, 0.4) is 0 Å². The lowest BCUT2D eigenvalue weighted by Crippen LogP contribution is -2.24. The Morgan fingerprint density at radius 2 is 2.23 bits per heavy atom. The first kappa shape index (κ1) is 10.5. The lowest BCUT2D eigenvalue weighted by Gasteiger charge is -2.14. The largest absolute Gasteiger partial charge is 0.372 e. The summed E-state index contributed by atoms with van der Waals surface area (Å²) >= 11 is 1.89. The van der Waals surface area contributed by atoms with Crippen LogP contribution in [0, 0.1) is 5.92 Å². The summed E-state index contributed by atoms with van der Waals surface area (Å²) in [5.74, 6) is 0.641. The predicted molar refractivity (Wildman–Crippen MR) is 61.4 cm³/mol. The van der Waals surface area contributed by atoms with Crippen LogP contribution < -0.4 is 5.32 Å². The molecule has 0 aliphatic carbocycles. The first-order chi connectivity index (χ1) is 6.19. The number of allylic oxidation sites excluding steroid dienone is 3. The van der Waals surface area contributed by atoms with E-state index in [1.54, 1.807) is 0 Å². The normalized spacial score (nSPS) is 22.9. The maximum atomic E-state index is 3.80. The van der Waals surface area contributed by atoms with Crippen LogP contribution in [-0.2, 0) is 0 Å². The van der Waals surface area contributed by atoms with Crippen LogP contribution >= 0.6 is 11.8 Å². The molecule has 1 heterocycles. The summed E-state index contributed by atoms with van der Waals surface area (Å²) in [4.78, 5) is 1.30. The number of hydrogen-bond acceptors (Lipinski definition) is 2. The van der Waals surface area contributed by atoms with Gasteiger partial charge >= 0.3 is 0 Å². The van der Waals surface area contributed by atoms with Gasteiger partial charge in [-0.3, -0.25) is 0 Å². The number of rotatable bonds is 3. The lowest BCUT2D eigenvalue weighted by atomic mass is 10.2. The summed E-state index contributed by atoms with van der Waals surface area (Å²) in [6, 6.07) is 0. The molecule has 1 nitrogen and oxygen atoms in total. The molecule has 1 rings (SSSR count). The highest BCUT2D eigenvalue weighted by molar-refractivity contribution is 8.04. The minimum atomic E-state index is 0.499. The minimum absolute atomic E-state index is 0.499. The topological polar surface area (TPSA) is 12.0 Å². The highest BCUT2D eigenvalue weighted by Crippen LogP contribution is 2.34. The summed E-state index contributed by atoms with van der Waals surface area (Å²) in [5, 5.41) is 3.95. The van der Waals surface area contributed by atoms with Crippen molar-refractivity contribution in [3.8, 4) is 0 Å². The summed E-state index contributed by atoms with van der Waals surface area (Å²) in [6.07, 6.45) is 6.10. The first-order valence-corrected chi connectivity index (χ1v) is 5.49. The number of thioether (sulfide) groups is 1. The molecule has 1 atom stereocenters. The summed E-state index contributed by atoms with van der Waals surface area (Å²) in [6.45, 7) is 10.3. The molecule has 0 aromatic rings. The predicted octanol–water partition coefficient (Wildman–Crippen LogP) is 3.28. The fraction of sp³-hybridized carbons (Fsp3) is 0.455. The third-order valence-corrected chi connectivity index (χ3v) is 3.47. The summed E-state index contributed by atoms with van der Waals surface area (Å²) in [7, 11) is 0. The summed E-state index contributed by atoms with van der Waals surface area (Å²) in [5.41, 5.74) is 1.17. The van der Waals surface area contributed by atoms with Gasteiger partial charge in [-0.05, 0) is 18.9 Å². The molecule has 0 bridgehead atoms. The Bertz CT molecular complexity index is 251. The van der Waals surface area contributed by atoms with Crippen LogP contribution in [0.4, 0.5) is 0 Å². The van der Waals surface area contributed by atoms with Gasteiger partial charge in [0.1, 0.15) is 0 Å². The first-order valence-electron chi connectivity index (χ1n) is 4.61. The van der Waals surface area contributed by atoms with E-state index in [1.165, 1.54) is 10.6 Å². The van der Waals surface area contributed by atoms with E-state index in [0.717, 1.165) is 0 Å². The van der Waals surface area contributed by atoms with Crippen LogP contribution in [0.2, 0.25) is 0 Å². The van der Waals surface area contributed by atoms with E-state index in [4.69, 9.17) is 0 Å². The van der Waals surface area contributed by atoms with Crippen molar-refractivity contribution in [1.82, 2.24) is 5.32 Å². The second-order valence-corrected chi connectivity index (χ2v) is 4.59. The number of hydrogen-bond donors (Lipinski definition) is 1. The maximum Gasteiger partial charge on any atom is 0.0793 e. The molecule has 0 fully saturated rings. The van der Waals surface area contributed by atoms with Gasteiger partial charge < -0.3 is 5.32 Å². The maximum absolute atomic E-state index is 3.80. The molecular weight excluding hydrogens is 178 g/mol. The van der Waals surface area contributed by atoms with Crippen molar-refractivity contribution in [2.45, 2.75) is 26.1 Å². The Kier molecular flexibility index (Phi) is 3.67. The molecule has 0 aromatic carbocycles. The average molecular weight is 195 g/mol. The van der Waals surface area contributed by atoms with Gasteiger partial charge in [0, 0.05) is 10.6 Å². The van der Waals surface area contributed by atoms with Gasteiger partial charge in [-0.15, -0.1) is 0 Å². The fourth-order valence-corrected chi connectivity index (χ4v) is 2.41. The molecule has 0 saturated carbocycles. The molecule has 1 aliphatic rings. The second kappa shape index (κ2) is 4.56. The average Bonchev–Trinajstić information content (AvgIpc) is 2.48. The monoisotopic (exact) mass is 195 g/mol. The molecule has 0 aromatic heterocycles. The van der Waals surface area contributed by atoms with Crippen LogP contribution in [-0.4, -0.2) is 5.37 Å². The van der Waals surface area contributed by atoms with Crippen molar-refractivity contribution in [1.29, 1.82) is 0 Å². The molecule has 0 spiro atoms. The van der Waals surface area contributed by atoms with Gasteiger partial charge in [0.15, 0.2) is 0 Å². The Morgan fingerprint density at radius 1 is 1.54 bits per heavy atom. The Balaban J connectivity index is 2.74.